The Morgan fingerprint density at radius 3 is 1.88 bits per heavy atom. The van der Waals surface area contributed by atoms with Gasteiger partial charge in [-0.05, 0) is 29.0 Å². The van der Waals surface area contributed by atoms with Crippen LogP contribution in [0.2, 0.25) is 0 Å². The number of nitrogens with one attached hydrogen (secondary N) is 3. The number of fused-ring (bicyclic) bond motifs is 2. The molecule has 0 saturated heterocycles. The van der Waals surface area contributed by atoms with Gasteiger partial charge in [-0.25, -0.2) is 9.59 Å². The smallest absolute Gasteiger partial charge is 0.326 e. The SMILES string of the molecule is O=C(Nc1cc([N+](=O)[O-])ccc1N(CCO)C(=O)Nc1cccc2ccccc12)Nc1cccc2ccccc12. The lowest BCUT2D eigenvalue weighted by Gasteiger charge is -2.25. The highest BCUT2D eigenvalue weighted by molar-refractivity contribution is 6.11. The van der Waals surface area contributed by atoms with E-state index in [2.05, 4.69) is 16.0 Å². The number of urea groups is 2. The molecule has 0 atom stereocenters. The van der Waals surface area contributed by atoms with Gasteiger partial charge in [-0.15, -0.1) is 0 Å². The van der Waals surface area contributed by atoms with Gasteiger partial charge in [0.05, 0.1) is 40.8 Å². The number of hydrogen-bond donors (Lipinski definition) is 4. The molecule has 0 fully saturated rings. The van der Waals surface area contributed by atoms with Crippen LogP contribution in [0.15, 0.2) is 103 Å². The Morgan fingerprint density at radius 1 is 0.725 bits per heavy atom. The van der Waals surface area contributed by atoms with Crippen LogP contribution in [0.4, 0.5) is 38.0 Å². The molecule has 0 radical (unpaired) electrons. The van der Waals surface area contributed by atoms with Crippen LogP contribution in [0.3, 0.4) is 0 Å². The van der Waals surface area contributed by atoms with Crippen molar-refractivity contribution >= 4 is 62.0 Å². The number of benzene rings is 5. The summed E-state index contributed by atoms with van der Waals surface area (Å²) >= 11 is 0. The first kappa shape index (κ1) is 26.1. The molecule has 4 N–H and O–H groups in total. The number of nitro groups is 1. The molecule has 5 rings (SSSR count). The Morgan fingerprint density at radius 2 is 1.27 bits per heavy atom. The van der Waals surface area contributed by atoms with Gasteiger partial charge in [0.15, 0.2) is 0 Å². The molecule has 0 bridgehead atoms. The van der Waals surface area contributed by atoms with Crippen LogP contribution >= 0.6 is 0 Å². The molecule has 0 aliphatic rings. The summed E-state index contributed by atoms with van der Waals surface area (Å²) in [5.41, 5.74) is 1.01. The molecule has 40 heavy (non-hydrogen) atoms. The van der Waals surface area contributed by atoms with E-state index in [0.29, 0.717) is 11.4 Å². The van der Waals surface area contributed by atoms with Crippen molar-refractivity contribution in [1.29, 1.82) is 0 Å². The number of rotatable bonds is 7. The summed E-state index contributed by atoms with van der Waals surface area (Å²) in [4.78, 5) is 38.7. The Kier molecular flexibility index (Phi) is 7.52. The van der Waals surface area contributed by atoms with Gasteiger partial charge < -0.3 is 21.1 Å². The molecule has 10 nitrogen and oxygen atoms in total. The van der Waals surface area contributed by atoms with Crippen molar-refractivity contribution in [3.8, 4) is 0 Å². The minimum atomic E-state index is -0.656. The number of aliphatic hydroxyl groups excluding tert-OH is 1. The molecule has 0 saturated carbocycles. The Labute approximate surface area is 229 Å². The zero-order valence-electron chi connectivity index (χ0n) is 21.2. The van der Waals surface area contributed by atoms with E-state index < -0.39 is 17.0 Å². The minimum Gasteiger partial charge on any atom is -0.395 e. The molecule has 0 heterocycles. The average molecular weight is 536 g/mol. The largest absolute Gasteiger partial charge is 0.395 e. The van der Waals surface area contributed by atoms with Crippen molar-refractivity contribution < 1.29 is 19.6 Å². The van der Waals surface area contributed by atoms with Gasteiger partial charge in [-0.3, -0.25) is 15.0 Å². The van der Waals surface area contributed by atoms with E-state index in [-0.39, 0.29) is 30.2 Å². The third-order valence-electron chi connectivity index (χ3n) is 6.37. The van der Waals surface area contributed by atoms with Crippen LogP contribution in [0.25, 0.3) is 21.5 Å². The van der Waals surface area contributed by atoms with Gasteiger partial charge >= 0.3 is 12.1 Å². The fourth-order valence-electron chi connectivity index (χ4n) is 4.53. The minimum absolute atomic E-state index is 0.0217. The summed E-state index contributed by atoms with van der Waals surface area (Å²) in [6.07, 6.45) is 0. The first-order valence-electron chi connectivity index (χ1n) is 12.5. The van der Waals surface area contributed by atoms with Crippen molar-refractivity contribution in [3.63, 3.8) is 0 Å². The molecule has 200 valence electrons. The number of non-ortho nitro benzene ring substituents is 1. The van der Waals surface area contributed by atoms with E-state index in [0.717, 1.165) is 21.5 Å². The van der Waals surface area contributed by atoms with E-state index in [1.54, 1.807) is 18.2 Å². The molecule has 0 spiro atoms. The number of amides is 4. The topological polar surface area (TPSA) is 137 Å². The van der Waals surface area contributed by atoms with Gasteiger partial charge in [-0.1, -0.05) is 72.8 Å². The van der Waals surface area contributed by atoms with Gasteiger partial charge in [0.1, 0.15) is 0 Å². The highest BCUT2D eigenvalue weighted by atomic mass is 16.6. The van der Waals surface area contributed by atoms with Crippen molar-refractivity contribution in [2.75, 3.05) is 34.0 Å². The molecule has 10 heteroatoms. The Hall–Kier alpha value is -5.48. The third kappa shape index (κ3) is 5.52. The quantitative estimate of drug-likeness (QED) is 0.138. The molecular weight excluding hydrogens is 510 g/mol. The van der Waals surface area contributed by atoms with Crippen LogP contribution in [-0.2, 0) is 0 Å². The summed E-state index contributed by atoms with van der Waals surface area (Å²) < 4.78 is 0. The van der Waals surface area contributed by atoms with Crippen molar-refractivity contribution in [2.24, 2.45) is 0 Å². The number of anilines is 4. The number of carbonyl (C=O) groups excluding carboxylic acids is 2. The molecule has 0 aromatic heterocycles. The van der Waals surface area contributed by atoms with E-state index in [1.165, 1.54) is 23.1 Å². The second-order valence-corrected chi connectivity index (χ2v) is 8.90. The van der Waals surface area contributed by atoms with Crippen LogP contribution in [0.1, 0.15) is 0 Å². The molecule has 0 unspecified atom stereocenters. The lowest BCUT2D eigenvalue weighted by Crippen LogP contribution is -2.38. The molecular formula is C30H25N5O5. The van der Waals surface area contributed by atoms with Crippen molar-refractivity contribution in [3.05, 3.63) is 113 Å². The molecule has 0 aliphatic heterocycles. The lowest BCUT2D eigenvalue weighted by atomic mass is 10.1. The maximum absolute atomic E-state index is 13.5. The third-order valence-corrected chi connectivity index (χ3v) is 6.37. The first-order valence-corrected chi connectivity index (χ1v) is 12.5. The second kappa shape index (κ2) is 11.5. The highest BCUT2D eigenvalue weighted by Crippen LogP contribution is 2.32. The number of nitro benzene ring substituents is 1. The monoisotopic (exact) mass is 535 g/mol. The van der Waals surface area contributed by atoms with Crippen LogP contribution in [0.5, 0.6) is 0 Å². The fourth-order valence-corrected chi connectivity index (χ4v) is 4.53. The molecule has 4 amide bonds. The molecule has 5 aromatic rings. The zero-order chi connectivity index (χ0) is 28.1. The van der Waals surface area contributed by atoms with Gasteiger partial charge in [0, 0.05) is 22.9 Å². The van der Waals surface area contributed by atoms with Crippen molar-refractivity contribution in [1.82, 2.24) is 0 Å². The molecule has 5 aromatic carbocycles. The van der Waals surface area contributed by atoms with Crippen LogP contribution < -0.4 is 20.9 Å². The number of nitrogens with zero attached hydrogens (tertiary/aromatic N) is 2. The average Bonchev–Trinajstić information content (AvgIpc) is 2.96. The van der Waals surface area contributed by atoms with E-state index in [9.17, 15) is 24.8 Å². The van der Waals surface area contributed by atoms with Crippen LogP contribution in [0, 0.1) is 10.1 Å². The molecule has 0 aliphatic carbocycles. The zero-order valence-corrected chi connectivity index (χ0v) is 21.2. The van der Waals surface area contributed by atoms with Gasteiger partial charge in [-0.2, -0.15) is 0 Å². The van der Waals surface area contributed by atoms with Gasteiger partial charge in [0.2, 0.25) is 0 Å². The Bertz CT molecular complexity index is 1730. The first-order chi connectivity index (χ1) is 19.4. The standard InChI is InChI=1S/C30H25N5O5/c36-18-17-34(30(38)33-26-14-6-10-21-8-2-4-12-24(21)26)28-16-15-22(35(39)40)19-27(28)32-29(37)31-25-13-5-9-20-7-1-3-11-23(20)25/h1-16,19,36H,17-18H2,(H,33,38)(H2,31,32,37). The predicted octanol–water partition coefficient (Wildman–Crippen LogP) is 6.58. The summed E-state index contributed by atoms with van der Waals surface area (Å²) in [6.45, 7) is -0.518. The predicted molar refractivity (Wildman–Crippen MR) is 157 cm³/mol. The maximum Gasteiger partial charge on any atom is 0.326 e. The fraction of sp³-hybridized carbons (Fsp3) is 0.0667. The van der Waals surface area contributed by atoms with Crippen LogP contribution in [-0.4, -0.2) is 35.2 Å². The Balaban J connectivity index is 1.46. The number of carbonyl (C=O) groups is 2. The summed E-state index contributed by atoms with van der Waals surface area (Å²) in [5.74, 6) is 0. The number of hydrogen-bond acceptors (Lipinski definition) is 5. The van der Waals surface area contributed by atoms with Gasteiger partial charge in [0.25, 0.3) is 5.69 Å². The normalized spacial score (nSPS) is 10.7. The second-order valence-electron chi connectivity index (χ2n) is 8.90. The maximum atomic E-state index is 13.5. The summed E-state index contributed by atoms with van der Waals surface area (Å²) in [7, 11) is 0. The van der Waals surface area contributed by atoms with E-state index >= 15 is 0 Å². The highest BCUT2D eigenvalue weighted by Gasteiger charge is 2.23. The van der Waals surface area contributed by atoms with Crippen molar-refractivity contribution in [2.45, 2.75) is 0 Å². The number of aliphatic hydroxyl groups is 1. The van der Waals surface area contributed by atoms with E-state index in [1.807, 2.05) is 66.7 Å². The summed E-state index contributed by atoms with van der Waals surface area (Å²) in [6, 6.07) is 28.5. The lowest BCUT2D eigenvalue weighted by molar-refractivity contribution is -0.384. The summed E-state index contributed by atoms with van der Waals surface area (Å²) in [5, 5.41) is 33.1. The van der Waals surface area contributed by atoms with E-state index in [4.69, 9.17) is 0 Å².